The van der Waals surface area contributed by atoms with E-state index < -0.39 is 10.0 Å². The third-order valence-electron chi connectivity index (χ3n) is 2.64. The molecule has 1 unspecified atom stereocenters. The van der Waals surface area contributed by atoms with Crippen LogP contribution in [-0.4, -0.2) is 40.0 Å². The van der Waals surface area contributed by atoms with Crippen molar-refractivity contribution in [3.05, 3.63) is 23.2 Å². The number of nitrogens with two attached hydrogens (primary N) is 1. The average Bonchev–Trinajstić information content (AvgIpc) is 2.29. The van der Waals surface area contributed by atoms with Crippen molar-refractivity contribution in [2.24, 2.45) is 0 Å². The lowest BCUT2D eigenvalue weighted by molar-refractivity contribution is 0.379. The molecule has 0 spiro atoms. The van der Waals surface area contributed by atoms with E-state index in [0.717, 1.165) is 13.0 Å². The molecule has 0 bridgehead atoms. The number of nitrogens with one attached hydrogen (secondary N) is 1. The number of benzene rings is 1. The molecule has 0 aliphatic rings. The summed E-state index contributed by atoms with van der Waals surface area (Å²) in [5.74, 6) is 0. The van der Waals surface area contributed by atoms with Gasteiger partial charge in [0.05, 0.1) is 15.6 Å². The largest absolute Gasteiger partial charge is 0.397 e. The lowest BCUT2D eigenvalue weighted by Crippen LogP contribution is -2.34. The Balaban J connectivity index is 2.77. The molecule has 0 heterocycles. The summed E-state index contributed by atoms with van der Waals surface area (Å²) < 4.78 is 26.9. The Kier molecular flexibility index (Phi) is 5.61. The van der Waals surface area contributed by atoms with Gasteiger partial charge in [0.1, 0.15) is 0 Å². The van der Waals surface area contributed by atoms with Crippen LogP contribution in [0.15, 0.2) is 23.1 Å². The van der Waals surface area contributed by atoms with E-state index in [0.29, 0.717) is 5.02 Å². The molecule has 0 aliphatic heterocycles. The van der Waals surface area contributed by atoms with Crippen molar-refractivity contribution in [1.82, 2.24) is 9.62 Å². The molecule has 5 nitrogen and oxygen atoms in total. The van der Waals surface area contributed by atoms with Crippen molar-refractivity contribution in [2.75, 3.05) is 26.4 Å². The number of nitrogen functional groups attached to an aromatic ring is 1. The molecule has 1 rings (SSSR count). The van der Waals surface area contributed by atoms with Crippen LogP contribution in [0.2, 0.25) is 5.02 Å². The van der Waals surface area contributed by atoms with Crippen molar-refractivity contribution in [1.29, 1.82) is 0 Å². The molecule has 1 atom stereocenters. The van der Waals surface area contributed by atoms with Crippen LogP contribution >= 0.6 is 11.6 Å². The second-order valence-corrected chi connectivity index (χ2v) is 6.92. The van der Waals surface area contributed by atoms with Gasteiger partial charge in [-0.2, -0.15) is 0 Å². The highest BCUT2D eigenvalue weighted by atomic mass is 35.5. The Morgan fingerprint density at radius 3 is 2.58 bits per heavy atom. The summed E-state index contributed by atoms with van der Waals surface area (Å²) in [7, 11) is 0.337. The standard InChI is InChI=1S/C12H20ClN3O2S/c1-9(6-7-16(2)3)15-19(17,18)10-4-5-11(13)12(14)8-10/h4-5,8-9,15H,6-7,14H2,1-3H3. The SMILES string of the molecule is CC(CCN(C)C)NS(=O)(=O)c1ccc(Cl)c(N)c1. The molecule has 0 saturated heterocycles. The van der Waals surface area contributed by atoms with Gasteiger partial charge in [0.15, 0.2) is 0 Å². The van der Waals surface area contributed by atoms with Crippen LogP contribution in [0.25, 0.3) is 0 Å². The molecule has 1 aromatic rings. The summed E-state index contributed by atoms with van der Waals surface area (Å²) in [6.07, 6.45) is 0.731. The Morgan fingerprint density at radius 2 is 2.05 bits per heavy atom. The lowest BCUT2D eigenvalue weighted by Gasteiger charge is -2.17. The Labute approximate surface area is 119 Å². The van der Waals surface area contributed by atoms with E-state index in [1.54, 1.807) is 0 Å². The highest BCUT2D eigenvalue weighted by Gasteiger charge is 2.18. The quantitative estimate of drug-likeness (QED) is 0.782. The van der Waals surface area contributed by atoms with Gasteiger partial charge in [0, 0.05) is 6.04 Å². The van der Waals surface area contributed by atoms with E-state index in [1.807, 2.05) is 25.9 Å². The van der Waals surface area contributed by atoms with Crippen LogP contribution in [0.4, 0.5) is 5.69 Å². The van der Waals surface area contributed by atoms with Gasteiger partial charge >= 0.3 is 0 Å². The first-order valence-electron chi connectivity index (χ1n) is 5.94. The summed E-state index contributed by atoms with van der Waals surface area (Å²) in [5, 5.41) is 0.347. The number of nitrogens with zero attached hydrogens (tertiary/aromatic N) is 1. The van der Waals surface area contributed by atoms with Crippen LogP contribution in [0.3, 0.4) is 0 Å². The minimum atomic E-state index is -3.55. The smallest absolute Gasteiger partial charge is 0.240 e. The van der Waals surface area contributed by atoms with Gasteiger partial charge in [-0.3, -0.25) is 0 Å². The first-order valence-corrected chi connectivity index (χ1v) is 7.80. The zero-order valence-electron chi connectivity index (χ0n) is 11.4. The molecular weight excluding hydrogens is 286 g/mol. The molecular formula is C12H20ClN3O2S. The number of anilines is 1. The van der Waals surface area contributed by atoms with E-state index in [-0.39, 0.29) is 16.6 Å². The van der Waals surface area contributed by atoms with E-state index in [4.69, 9.17) is 17.3 Å². The van der Waals surface area contributed by atoms with Gasteiger partial charge in [0.25, 0.3) is 0 Å². The predicted octanol–water partition coefficient (Wildman–Crippen LogP) is 1.54. The van der Waals surface area contributed by atoms with E-state index in [2.05, 4.69) is 4.72 Å². The van der Waals surface area contributed by atoms with E-state index in [1.165, 1.54) is 18.2 Å². The lowest BCUT2D eigenvalue weighted by atomic mass is 10.2. The predicted molar refractivity (Wildman–Crippen MR) is 78.8 cm³/mol. The summed E-state index contributed by atoms with van der Waals surface area (Å²) in [6.45, 7) is 2.65. The number of hydrogen-bond acceptors (Lipinski definition) is 4. The van der Waals surface area contributed by atoms with E-state index >= 15 is 0 Å². The fourth-order valence-corrected chi connectivity index (χ4v) is 2.96. The van der Waals surface area contributed by atoms with Gasteiger partial charge in [-0.1, -0.05) is 11.6 Å². The number of hydrogen-bond donors (Lipinski definition) is 2. The van der Waals surface area contributed by atoms with Gasteiger partial charge in [0.2, 0.25) is 10.0 Å². The molecule has 19 heavy (non-hydrogen) atoms. The molecule has 0 aromatic heterocycles. The van der Waals surface area contributed by atoms with Crippen LogP contribution in [0, 0.1) is 0 Å². The summed E-state index contributed by atoms with van der Waals surface area (Å²) in [5.41, 5.74) is 5.87. The molecule has 3 N–H and O–H groups in total. The highest BCUT2D eigenvalue weighted by molar-refractivity contribution is 7.89. The monoisotopic (exact) mass is 305 g/mol. The maximum Gasteiger partial charge on any atom is 0.240 e. The summed E-state index contributed by atoms with van der Waals surface area (Å²) in [4.78, 5) is 2.14. The van der Waals surface area contributed by atoms with Gasteiger partial charge in [-0.05, 0) is 52.2 Å². The topological polar surface area (TPSA) is 75.4 Å². The fraction of sp³-hybridized carbons (Fsp3) is 0.500. The third-order valence-corrected chi connectivity index (χ3v) is 4.57. The van der Waals surface area contributed by atoms with Crippen molar-refractivity contribution in [3.63, 3.8) is 0 Å². The number of sulfonamides is 1. The zero-order chi connectivity index (χ0) is 14.6. The Bertz CT molecular complexity index is 532. The normalized spacial score (nSPS) is 13.7. The molecule has 0 saturated carbocycles. The molecule has 0 aliphatic carbocycles. The minimum Gasteiger partial charge on any atom is -0.397 e. The average molecular weight is 306 g/mol. The van der Waals surface area contributed by atoms with Crippen LogP contribution in [0.1, 0.15) is 13.3 Å². The van der Waals surface area contributed by atoms with Gasteiger partial charge < -0.3 is 10.6 Å². The molecule has 7 heteroatoms. The second-order valence-electron chi connectivity index (χ2n) is 4.80. The van der Waals surface area contributed by atoms with Crippen LogP contribution < -0.4 is 10.5 Å². The third kappa shape index (κ3) is 4.99. The fourth-order valence-electron chi connectivity index (χ4n) is 1.53. The van der Waals surface area contributed by atoms with Gasteiger partial charge in [-0.25, -0.2) is 13.1 Å². The molecule has 0 radical (unpaired) electrons. The van der Waals surface area contributed by atoms with Crippen molar-refractivity contribution in [2.45, 2.75) is 24.3 Å². The second kappa shape index (κ2) is 6.56. The molecule has 0 fully saturated rings. The Morgan fingerprint density at radius 1 is 1.42 bits per heavy atom. The maximum atomic E-state index is 12.1. The van der Waals surface area contributed by atoms with Crippen LogP contribution in [-0.2, 0) is 10.0 Å². The maximum absolute atomic E-state index is 12.1. The summed E-state index contributed by atoms with van der Waals surface area (Å²) in [6, 6.07) is 4.14. The van der Waals surface area contributed by atoms with Crippen molar-refractivity contribution >= 4 is 27.3 Å². The minimum absolute atomic E-state index is 0.131. The first kappa shape index (κ1) is 16.2. The van der Waals surface area contributed by atoms with E-state index in [9.17, 15) is 8.42 Å². The van der Waals surface area contributed by atoms with Crippen LogP contribution in [0.5, 0.6) is 0 Å². The van der Waals surface area contributed by atoms with Gasteiger partial charge in [-0.15, -0.1) is 0 Å². The number of rotatable bonds is 6. The Hall–Kier alpha value is -0.820. The summed E-state index contributed by atoms with van der Waals surface area (Å²) >= 11 is 5.78. The molecule has 1 aromatic carbocycles. The number of halogens is 1. The van der Waals surface area contributed by atoms with Crippen molar-refractivity contribution in [3.8, 4) is 0 Å². The highest BCUT2D eigenvalue weighted by Crippen LogP contribution is 2.22. The first-order chi connectivity index (χ1) is 8.72. The zero-order valence-corrected chi connectivity index (χ0v) is 12.9. The van der Waals surface area contributed by atoms with Crippen molar-refractivity contribution < 1.29 is 8.42 Å². The molecule has 0 amide bonds. The molecule has 108 valence electrons.